The van der Waals surface area contributed by atoms with Crippen molar-refractivity contribution in [2.24, 2.45) is 11.7 Å². The van der Waals surface area contributed by atoms with Gasteiger partial charge in [-0.1, -0.05) is 13.8 Å². The van der Waals surface area contributed by atoms with Crippen LogP contribution in [0, 0.1) is 5.92 Å². The lowest BCUT2D eigenvalue weighted by atomic mass is 9.95. The number of nitrogens with zero attached hydrogens (tertiary/aromatic N) is 3. The maximum atomic E-state index is 6.20. The summed E-state index contributed by atoms with van der Waals surface area (Å²) in [5.41, 5.74) is 6.44. The minimum absolute atomic E-state index is 0.244. The monoisotopic (exact) mass is 282 g/mol. The summed E-state index contributed by atoms with van der Waals surface area (Å²) in [6.45, 7) is 18.4. The molecule has 0 aromatic carbocycles. The van der Waals surface area contributed by atoms with E-state index in [0.29, 0.717) is 6.04 Å². The van der Waals surface area contributed by atoms with Crippen LogP contribution in [0.5, 0.6) is 0 Å². The van der Waals surface area contributed by atoms with Crippen molar-refractivity contribution in [1.29, 1.82) is 0 Å². The third-order valence-electron chi connectivity index (χ3n) is 5.14. The molecule has 2 fully saturated rings. The highest BCUT2D eigenvalue weighted by molar-refractivity contribution is 5.02. The summed E-state index contributed by atoms with van der Waals surface area (Å²) in [6, 6.07) is 0.644. The molecule has 0 aliphatic carbocycles. The van der Waals surface area contributed by atoms with Gasteiger partial charge in [0.15, 0.2) is 0 Å². The van der Waals surface area contributed by atoms with Gasteiger partial charge < -0.3 is 10.6 Å². The van der Waals surface area contributed by atoms with Crippen LogP contribution in [0.15, 0.2) is 0 Å². The van der Waals surface area contributed by atoms with Gasteiger partial charge in [0.05, 0.1) is 0 Å². The van der Waals surface area contributed by atoms with Crippen LogP contribution in [0.25, 0.3) is 0 Å². The van der Waals surface area contributed by atoms with E-state index in [4.69, 9.17) is 5.73 Å². The molecule has 0 radical (unpaired) electrons. The average molecular weight is 282 g/mol. The Morgan fingerprint density at radius 3 is 2.10 bits per heavy atom. The molecule has 1 atom stereocenters. The molecule has 2 aliphatic heterocycles. The van der Waals surface area contributed by atoms with Crippen LogP contribution in [0.4, 0.5) is 0 Å². The first-order chi connectivity index (χ1) is 9.47. The van der Waals surface area contributed by atoms with Crippen LogP contribution in [-0.2, 0) is 0 Å². The van der Waals surface area contributed by atoms with Gasteiger partial charge >= 0.3 is 0 Å². The molecule has 2 rings (SSSR count). The molecular weight excluding hydrogens is 248 g/mol. The predicted octanol–water partition coefficient (Wildman–Crippen LogP) is 1.07. The Kier molecular flexibility index (Phi) is 5.46. The van der Waals surface area contributed by atoms with E-state index < -0.39 is 0 Å². The van der Waals surface area contributed by atoms with Gasteiger partial charge in [-0.3, -0.25) is 9.80 Å². The normalized spacial score (nSPS) is 30.8. The van der Waals surface area contributed by atoms with Crippen LogP contribution in [0.1, 0.15) is 34.1 Å². The van der Waals surface area contributed by atoms with Crippen molar-refractivity contribution in [3.05, 3.63) is 0 Å². The van der Waals surface area contributed by atoms with Crippen LogP contribution in [-0.4, -0.2) is 78.6 Å². The van der Waals surface area contributed by atoms with Gasteiger partial charge in [0.1, 0.15) is 0 Å². The largest absolute Gasteiger partial charge is 0.329 e. The highest BCUT2D eigenvalue weighted by atomic mass is 15.3. The smallest absolute Gasteiger partial charge is 0.0471 e. The third-order valence-corrected chi connectivity index (χ3v) is 5.14. The van der Waals surface area contributed by atoms with E-state index in [1.165, 1.54) is 45.7 Å². The topological polar surface area (TPSA) is 35.7 Å². The van der Waals surface area contributed by atoms with Gasteiger partial charge in [0.25, 0.3) is 0 Å². The fourth-order valence-corrected chi connectivity index (χ4v) is 3.80. The first kappa shape index (κ1) is 16.2. The zero-order valence-electron chi connectivity index (χ0n) is 13.9. The fourth-order valence-electron chi connectivity index (χ4n) is 3.80. The van der Waals surface area contributed by atoms with Gasteiger partial charge in [0.2, 0.25) is 0 Å². The zero-order chi connectivity index (χ0) is 14.8. The molecular formula is C16H34N4. The molecule has 0 aromatic rings. The number of nitrogens with two attached hydrogens (primary N) is 1. The third kappa shape index (κ3) is 3.53. The summed E-state index contributed by atoms with van der Waals surface area (Å²) in [5, 5.41) is 0. The lowest BCUT2D eigenvalue weighted by Crippen LogP contribution is -2.61. The summed E-state index contributed by atoms with van der Waals surface area (Å²) in [5.74, 6) is 0.771. The van der Waals surface area contributed by atoms with Crippen LogP contribution in [0.3, 0.4) is 0 Å². The van der Waals surface area contributed by atoms with E-state index in [-0.39, 0.29) is 5.54 Å². The second-order valence-electron chi connectivity index (χ2n) is 7.42. The molecule has 2 aliphatic rings. The lowest BCUT2D eigenvalue weighted by molar-refractivity contribution is 0.0352. The molecule has 0 amide bonds. The second-order valence-corrected chi connectivity index (χ2v) is 7.42. The number of likely N-dealkylation sites (tertiary alicyclic amines) is 1. The van der Waals surface area contributed by atoms with Crippen LogP contribution < -0.4 is 5.73 Å². The highest BCUT2D eigenvalue weighted by Gasteiger charge is 2.43. The highest BCUT2D eigenvalue weighted by Crippen LogP contribution is 2.29. The van der Waals surface area contributed by atoms with E-state index in [2.05, 4.69) is 42.4 Å². The summed E-state index contributed by atoms with van der Waals surface area (Å²) in [6.07, 6.45) is 1.24. The quantitative estimate of drug-likeness (QED) is 0.818. The average Bonchev–Trinajstić information content (AvgIpc) is 2.85. The number of hydrogen-bond donors (Lipinski definition) is 1. The molecule has 4 nitrogen and oxygen atoms in total. The van der Waals surface area contributed by atoms with Crippen molar-refractivity contribution >= 4 is 0 Å². The van der Waals surface area contributed by atoms with Gasteiger partial charge in [-0.25, -0.2) is 0 Å². The van der Waals surface area contributed by atoms with Crippen molar-refractivity contribution in [2.45, 2.75) is 45.7 Å². The molecule has 2 saturated heterocycles. The van der Waals surface area contributed by atoms with E-state index in [0.717, 1.165) is 19.0 Å². The minimum Gasteiger partial charge on any atom is -0.329 e. The Hall–Kier alpha value is -0.160. The van der Waals surface area contributed by atoms with Crippen molar-refractivity contribution in [3.8, 4) is 0 Å². The Labute approximate surface area is 125 Å². The van der Waals surface area contributed by atoms with Gasteiger partial charge in [-0.2, -0.15) is 0 Å². The predicted molar refractivity (Wildman–Crippen MR) is 86.0 cm³/mol. The Morgan fingerprint density at radius 1 is 1.00 bits per heavy atom. The maximum absolute atomic E-state index is 6.20. The first-order valence-electron chi connectivity index (χ1n) is 8.38. The maximum Gasteiger partial charge on any atom is 0.0471 e. The molecule has 4 heteroatoms. The molecule has 20 heavy (non-hydrogen) atoms. The fraction of sp³-hybridized carbons (Fsp3) is 1.00. The Balaban J connectivity index is 1.91. The van der Waals surface area contributed by atoms with Crippen LogP contribution >= 0.6 is 0 Å². The molecule has 0 bridgehead atoms. The molecule has 118 valence electrons. The molecule has 1 unspecified atom stereocenters. The van der Waals surface area contributed by atoms with Crippen molar-refractivity contribution in [3.63, 3.8) is 0 Å². The zero-order valence-corrected chi connectivity index (χ0v) is 13.9. The van der Waals surface area contributed by atoms with E-state index in [1.54, 1.807) is 0 Å². The molecule has 2 heterocycles. The summed E-state index contributed by atoms with van der Waals surface area (Å²) < 4.78 is 0. The first-order valence-corrected chi connectivity index (χ1v) is 8.38. The number of hydrogen-bond acceptors (Lipinski definition) is 4. The minimum atomic E-state index is 0.244. The van der Waals surface area contributed by atoms with E-state index in [9.17, 15) is 0 Å². The number of rotatable bonds is 5. The van der Waals surface area contributed by atoms with Gasteiger partial charge in [0, 0.05) is 63.9 Å². The number of piperazine rings is 1. The standard InChI is InChI=1S/C16H34N4/c1-14(2)11-18-7-9-20(10-8-18)16(12-17)5-6-19(13-16)15(3)4/h14-15H,5-13,17H2,1-4H3. The van der Waals surface area contributed by atoms with Crippen molar-refractivity contribution in [2.75, 3.05) is 52.4 Å². The van der Waals surface area contributed by atoms with E-state index in [1.807, 2.05) is 0 Å². The molecule has 2 N–H and O–H groups in total. The molecule has 0 saturated carbocycles. The summed E-state index contributed by atoms with van der Waals surface area (Å²) in [7, 11) is 0. The molecule has 0 spiro atoms. The van der Waals surface area contributed by atoms with E-state index >= 15 is 0 Å². The lowest BCUT2D eigenvalue weighted by Gasteiger charge is -2.46. The summed E-state index contributed by atoms with van der Waals surface area (Å²) >= 11 is 0. The van der Waals surface area contributed by atoms with Gasteiger partial charge in [-0.15, -0.1) is 0 Å². The Bertz CT molecular complexity index is 297. The van der Waals surface area contributed by atoms with Crippen molar-refractivity contribution < 1.29 is 0 Å². The summed E-state index contributed by atoms with van der Waals surface area (Å²) in [4.78, 5) is 7.89. The molecule has 0 aromatic heterocycles. The van der Waals surface area contributed by atoms with Crippen LogP contribution in [0.2, 0.25) is 0 Å². The second kappa shape index (κ2) is 6.73. The Morgan fingerprint density at radius 2 is 1.65 bits per heavy atom. The van der Waals surface area contributed by atoms with Gasteiger partial charge in [-0.05, 0) is 26.2 Å². The van der Waals surface area contributed by atoms with Crippen molar-refractivity contribution in [1.82, 2.24) is 14.7 Å². The SMILES string of the molecule is CC(C)CN1CCN(C2(CN)CCN(C(C)C)C2)CC1.